The van der Waals surface area contributed by atoms with Gasteiger partial charge in [-0.2, -0.15) is 5.26 Å². The third-order valence-corrected chi connectivity index (χ3v) is 9.35. The van der Waals surface area contributed by atoms with Crippen molar-refractivity contribution < 1.29 is 42.4 Å². The molecular formula is C29H27N3O9S. The van der Waals surface area contributed by atoms with Crippen LogP contribution in [0.5, 0.6) is 17.2 Å². The fourth-order valence-corrected chi connectivity index (χ4v) is 7.43. The second-order valence-electron chi connectivity index (χ2n) is 9.74. The molecule has 218 valence electrons. The van der Waals surface area contributed by atoms with Crippen molar-refractivity contribution in [3.63, 3.8) is 0 Å². The Morgan fingerprint density at radius 2 is 1.71 bits per heavy atom. The number of rotatable bonds is 8. The van der Waals surface area contributed by atoms with Crippen molar-refractivity contribution in [3.05, 3.63) is 77.4 Å². The van der Waals surface area contributed by atoms with Gasteiger partial charge in [-0.15, -0.1) is 0 Å². The SMILES string of the molecule is COc1ccc(S(=O)(=O)N2C(=O)C(c3ccccc3OC)(N3C[C@H](O)C[C@H]3C(=O)O)c3cc(C#N)ccc32)c(OC)c1. The molecule has 0 radical (unpaired) electrons. The summed E-state index contributed by atoms with van der Waals surface area (Å²) in [5, 5.41) is 30.6. The molecular weight excluding hydrogens is 566 g/mol. The summed E-state index contributed by atoms with van der Waals surface area (Å²) >= 11 is 0. The Hall–Kier alpha value is -4.64. The fraction of sp³-hybridized carbons (Fsp3) is 0.276. The van der Waals surface area contributed by atoms with Gasteiger partial charge in [-0.1, -0.05) is 18.2 Å². The number of hydrogen-bond donors (Lipinski definition) is 2. The van der Waals surface area contributed by atoms with E-state index in [2.05, 4.69) is 0 Å². The van der Waals surface area contributed by atoms with E-state index in [9.17, 15) is 33.5 Å². The molecule has 0 aliphatic carbocycles. The van der Waals surface area contributed by atoms with Gasteiger partial charge in [0, 0.05) is 30.2 Å². The molecule has 2 aliphatic heterocycles. The number of aliphatic hydroxyl groups excluding tert-OH is 1. The number of carbonyl (C=O) groups is 2. The van der Waals surface area contributed by atoms with Crippen LogP contribution in [0.4, 0.5) is 5.69 Å². The molecule has 3 aromatic rings. The Labute approximate surface area is 241 Å². The third-order valence-electron chi connectivity index (χ3n) is 7.61. The first kappa shape index (κ1) is 28.9. The van der Waals surface area contributed by atoms with E-state index in [1.807, 2.05) is 6.07 Å². The van der Waals surface area contributed by atoms with Gasteiger partial charge in [-0.25, -0.2) is 12.7 Å². The number of para-hydroxylation sites is 1. The number of nitrogens with zero attached hydrogens (tertiary/aromatic N) is 3. The van der Waals surface area contributed by atoms with Crippen LogP contribution in [0.25, 0.3) is 0 Å². The molecule has 0 aromatic heterocycles. The highest BCUT2D eigenvalue weighted by Gasteiger charge is 2.64. The molecule has 42 heavy (non-hydrogen) atoms. The Morgan fingerprint density at radius 3 is 2.36 bits per heavy atom. The monoisotopic (exact) mass is 593 g/mol. The van der Waals surface area contributed by atoms with E-state index in [4.69, 9.17) is 14.2 Å². The summed E-state index contributed by atoms with van der Waals surface area (Å²) in [5.41, 5.74) is -1.91. The fourth-order valence-electron chi connectivity index (χ4n) is 5.82. The van der Waals surface area contributed by atoms with E-state index < -0.39 is 39.6 Å². The number of aliphatic hydroxyl groups is 1. The first-order valence-corrected chi connectivity index (χ1v) is 14.2. The molecule has 13 heteroatoms. The zero-order valence-electron chi connectivity index (χ0n) is 22.8. The number of methoxy groups -OCH3 is 3. The van der Waals surface area contributed by atoms with Crippen LogP contribution in [-0.4, -0.2) is 75.4 Å². The van der Waals surface area contributed by atoms with Crippen molar-refractivity contribution in [1.82, 2.24) is 4.90 Å². The zero-order chi connectivity index (χ0) is 30.4. The number of ether oxygens (including phenoxy) is 3. The van der Waals surface area contributed by atoms with Gasteiger partial charge in [0.2, 0.25) is 0 Å². The number of carboxylic acid groups (broad SMARTS) is 1. The molecule has 1 saturated heterocycles. The van der Waals surface area contributed by atoms with E-state index in [0.717, 1.165) is 0 Å². The number of aliphatic carboxylic acids is 1. The number of sulfonamides is 1. The van der Waals surface area contributed by atoms with Crippen molar-refractivity contribution in [2.24, 2.45) is 0 Å². The highest BCUT2D eigenvalue weighted by Crippen LogP contribution is 2.54. The molecule has 0 bridgehead atoms. The normalized spacial score (nSPS) is 22.0. The number of nitriles is 1. The number of carbonyl (C=O) groups excluding carboxylic acids is 1. The summed E-state index contributed by atoms with van der Waals surface area (Å²) < 4.78 is 45.6. The quantitative estimate of drug-likeness (QED) is 0.393. The minimum atomic E-state index is -4.73. The molecule has 3 aromatic carbocycles. The van der Waals surface area contributed by atoms with E-state index in [1.54, 1.807) is 18.2 Å². The molecule has 1 amide bonds. The van der Waals surface area contributed by atoms with Gasteiger partial charge < -0.3 is 24.4 Å². The molecule has 3 atom stereocenters. The predicted octanol–water partition coefficient (Wildman–Crippen LogP) is 2.08. The van der Waals surface area contributed by atoms with Crippen molar-refractivity contribution in [3.8, 4) is 23.3 Å². The molecule has 2 heterocycles. The lowest BCUT2D eigenvalue weighted by molar-refractivity contribution is -0.145. The van der Waals surface area contributed by atoms with Crippen LogP contribution in [0, 0.1) is 11.3 Å². The van der Waals surface area contributed by atoms with Crippen LogP contribution in [0.3, 0.4) is 0 Å². The van der Waals surface area contributed by atoms with Crippen molar-refractivity contribution in [2.75, 3.05) is 32.2 Å². The third kappa shape index (κ3) is 4.14. The van der Waals surface area contributed by atoms with Crippen LogP contribution < -0.4 is 18.5 Å². The van der Waals surface area contributed by atoms with E-state index in [1.165, 1.54) is 68.7 Å². The number of amides is 1. The number of likely N-dealkylation sites (tertiary alicyclic amines) is 1. The maximum atomic E-state index is 15.0. The lowest BCUT2D eigenvalue weighted by atomic mass is 9.80. The first-order chi connectivity index (χ1) is 20.1. The average molecular weight is 594 g/mol. The highest BCUT2D eigenvalue weighted by molar-refractivity contribution is 7.93. The lowest BCUT2D eigenvalue weighted by Crippen LogP contribution is -2.58. The van der Waals surface area contributed by atoms with Crippen molar-refractivity contribution >= 4 is 27.6 Å². The highest BCUT2D eigenvalue weighted by atomic mass is 32.2. The average Bonchev–Trinajstić information content (AvgIpc) is 3.51. The topological polar surface area (TPSA) is 167 Å². The second-order valence-corrected chi connectivity index (χ2v) is 11.5. The van der Waals surface area contributed by atoms with Gasteiger partial charge in [0.1, 0.15) is 28.2 Å². The van der Waals surface area contributed by atoms with Gasteiger partial charge in [-0.05, 0) is 36.4 Å². The molecule has 2 N–H and O–H groups in total. The molecule has 2 aliphatic rings. The van der Waals surface area contributed by atoms with Gasteiger partial charge in [0.25, 0.3) is 15.9 Å². The number of β-amino-alcohol motifs (C(OH)–C–C–N with tert-alkyl or cyclic N) is 1. The van der Waals surface area contributed by atoms with E-state index in [0.29, 0.717) is 10.1 Å². The van der Waals surface area contributed by atoms with Crippen LogP contribution in [-0.2, 0) is 25.2 Å². The minimum absolute atomic E-state index is 0.0486. The molecule has 1 unspecified atom stereocenters. The zero-order valence-corrected chi connectivity index (χ0v) is 23.7. The summed E-state index contributed by atoms with van der Waals surface area (Å²) in [6, 6.07) is 15.0. The molecule has 12 nitrogen and oxygen atoms in total. The summed E-state index contributed by atoms with van der Waals surface area (Å²) in [6.45, 7) is -0.281. The van der Waals surface area contributed by atoms with Gasteiger partial charge in [0.05, 0.1) is 44.8 Å². The largest absolute Gasteiger partial charge is 0.497 e. The maximum Gasteiger partial charge on any atom is 0.321 e. The Bertz CT molecular complexity index is 1740. The van der Waals surface area contributed by atoms with Gasteiger partial charge in [0.15, 0.2) is 5.54 Å². The van der Waals surface area contributed by atoms with Crippen LogP contribution >= 0.6 is 0 Å². The van der Waals surface area contributed by atoms with Crippen LogP contribution in [0.1, 0.15) is 23.1 Å². The number of carboxylic acids is 1. The van der Waals surface area contributed by atoms with E-state index in [-0.39, 0.29) is 51.7 Å². The maximum absolute atomic E-state index is 15.0. The number of anilines is 1. The predicted molar refractivity (Wildman–Crippen MR) is 148 cm³/mol. The minimum Gasteiger partial charge on any atom is -0.497 e. The molecule has 0 spiro atoms. The summed E-state index contributed by atoms with van der Waals surface area (Å²) in [5.74, 6) is -1.95. The van der Waals surface area contributed by atoms with E-state index >= 15 is 0 Å². The molecule has 1 fully saturated rings. The van der Waals surface area contributed by atoms with Gasteiger partial charge in [-0.3, -0.25) is 14.5 Å². The Balaban J connectivity index is 1.88. The van der Waals surface area contributed by atoms with Crippen LogP contribution in [0.2, 0.25) is 0 Å². The summed E-state index contributed by atoms with van der Waals surface area (Å²) in [7, 11) is -0.685. The lowest BCUT2D eigenvalue weighted by Gasteiger charge is -2.40. The van der Waals surface area contributed by atoms with Crippen molar-refractivity contribution in [1.29, 1.82) is 5.26 Å². The second kappa shape index (κ2) is 10.6. The van der Waals surface area contributed by atoms with Crippen molar-refractivity contribution in [2.45, 2.75) is 29.0 Å². The number of fused-ring (bicyclic) bond motifs is 1. The number of hydrogen-bond acceptors (Lipinski definition) is 10. The van der Waals surface area contributed by atoms with Gasteiger partial charge >= 0.3 is 5.97 Å². The molecule has 5 rings (SSSR count). The Morgan fingerprint density at radius 1 is 1.00 bits per heavy atom. The van der Waals surface area contributed by atoms with Crippen LogP contribution in [0.15, 0.2) is 65.6 Å². The smallest absolute Gasteiger partial charge is 0.321 e. The first-order valence-electron chi connectivity index (χ1n) is 12.7. The summed E-state index contributed by atoms with van der Waals surface area (Å²) in [4.78, 5) is 28.4. The standard InChI is InChI=1S/C29H27N3O9S/c1-39-19-9-11-26(25(14-19)41-3)42(37,38)32-22-10-8-17(15-30)12-21(22)29(28(32)36,20-6-4-5-7-24(20)40-2)31-16-18(33)13-23(31)27(34)35/h4-12,14,18,23,33H,13,16H2,1-3H3,(H,34,35)/t18-,23+,29?/m1/s1. The summed E-state index contributed by atoms with van der Waals surface area (Å²) in [6.07, 6.45) is -1.35. The number of benzene rings is 3. The molecule has 0 saturated carbocycles. The Kier molecular flexibility index (Phi) is 7.32.